The average Bonchev–Trinajstić information content (AvgIpc) is 3.10. The Labute approximate surface area is 295 Å². The molecular formula is C37H26Cl2FN3O5S. The first-order chi connectivity index (χ1) is 23.6. The van der Waals surface area contributed by atoms with Crippen LogP contribution in [0.4, 0.5) is 15.8 Å². The van der Waals surface area contributed by atoms with Gasteiger partial charge in [0.1, 0.15) is 16.8 Å². The molecule has 0 spiro atoms. The smallest absolute Gasteiger partial charge is 0.335 e. The largest absolute Gasteiger partial charge is 0.478 e. The number of halogens is 3. The average molecular weight is 715 g/mol. The monoisotopic (exact) mass is 713 g/mol. The molecule has 0 radical (unpaired) electrons. The van der Waals surface area contributed by atoms with Gasteiger partial charge in [0.25, 0.3) is 11.8 Å². The topological polar surface area (TPSA) is 125 Å². The van der Waals surface area contributed by atoms with Crippen LogP contribution in [0.3, 0.4) is 0 Å². The molecule has 8 nitrogen and oxygen atoms in total. The molecule has 0 aromatic heterocycles. The van der Waals surface area contributed by atoms with E-state index in [-0.39, 0.29) is 38.1 Å². The van der Waals surface area contributed by atoms with Crippen molar-refractivity contribution in [3.63, 3.8) is 0 Å². The van der Waals surface area contributed by atoms with Crippen molar-refractivity contribution in [2.24, 2.45) is 0 Å². The lowest BCUT2D eigenvalue weighted by atomic mass is 10.1. The quantitative estimate of drug-likeness (QED) is 0.0802. The van der Waals surface area contributed by atoms with Crippen molar-refractivity contribution >= 4 is 76.1 Å². The van der Waals surface area contributed by atoms with Crippen LogP contribution in [0.15, 0.2) is 132 Å². The molecule has 4 N–H and O–H groups in total. The summed E-state index contributed by atoms with van der Waals surface area (Å²) in [5.74, 6) is -3.67. The molecule has 0 heterocycles. The van der Waals surface area contributed by atoms with Crippen LogP contribution >= 0.6 is 35.0 Å². The highest BCUT2D eigenvalue weighted by Crippen LogP contribution is 2.38. The molecule has 0 fully saturated rings. The maximum absolute atomic E-state index is 14.7. The number of benzene rings is 5. The maximum Gasteiger partial charge on any atom is 0.335 e. The van der Waals surface area contributed by atoms with E-state index in [0.717, 1.165) is 6.08 Å². The fourth-order valence-electron chi connectivity index (χ4n) is 4.57. The molecule has 5 aromatic rings. The maximum atomic E-state index is 14.7. The van der Waals surface area contributed by atoms with Gasteiger partial charge in [-0.1, -0.05) is 83.9 Å². The molecule has 1 atom stereocenters. The number of nitrogens with one attached hydrogen (secondary N) is 3. The third-order valence-electron chi connectivity index (χ3n) is 6.97. The zero-order valence-electron chi connectivity index (χ0n) is 25.3. The SMILES string of the molecule is O=C(Nc1cccc(SC(C(=O)Nc2cc(C(=O)O)ccc2Cl)c2ccccc2)c1)/C(=C\c1c(F)cccc1Cl)NC(=O)c1ccccc1. The second-order valence-electron chi connectivity index (χ2n) is 10.4. The van der Waals surface area contributed by atoms with Gasteiger partial charge in [0.15, 0.2) is 0 Å². The van der Waals surface area contributed by atoms with Gasteiger partial charge in [-0.3, -0.25) is 14.4 Å². The number of carbonyl (C=O) groups is 4. The molecule has 0 bridgehead atoms. The number of thioether (sulfide) groups is 1. The number of hydrogen-bond donors (Lipinski definition) is 4. The Bertz CT molecular complexity index is 2040. The second kappa shape index (κ2) is 16.1. The number of carboxylic acids is 1. The van der Waals surface area contributed by atoms with Crippen molar-refractivity contribution < 1.29 is 28.7 Å². The number of aromatic carboxylic acids is 1. The van der Waals surface area contributed by atoms with Crippen molar-refractivity contribution in [1.29, 1.82) is 0 Å². The first-order valence-electron chi connectivity index (χ1n) is 14.6. The summed E-state index contributed by atoms with van der Waals surface area (Å²) in [7, 11) is 0. The van der Waals surface area contributed by atoms with Gasteiger partial charge >= 0.3 is 5.97 Å². The van der Waals surface area contributed by atoms with Gasteiger partial charge in [-0.25, -0.2) is 9.18 Å². The third-order valence-corrected chi connectivity index (χ3v) is 8.88. The fourth-order valence-corrected chi connectivity index (χ4v) is 6.04. The molecule has 49 heavy (non-hydrogen) atoms. The van der Waals surface area contributed by atoms with Gasteiger partial charge in [0.05, 0.1) is 21.3 Å². The van der Waals surface area contributed by atoms with Gasteiger partial charge < -0.3 is 21.1 Å². The summed E-state index contributed by atoms with van der Waals surface area (Å²) in [6.45, 7) is 0. The number of amides is 3. The molecule has 0 aliphatic carbocycles. The van der Waals surface area contributed by atoms with Crippen LogP contribution in [0.25, 0.3) is 6.08 Å². The summed E-state index contributed by atoms with van der Waals surface area (Å²) in [5.41, 5.74) is 0.997. The number of carbonyl (C=O) groups excluding carboxylic acids is 3. The van der Waals surface area contributed by atoms with Gasteiger partial charge in [-0.15, -0.1) is 11.8 Å². The first kappa shape index (κ1) is 34.9. The highest BCUT2D eigenvalue weighted by molar-refractivity contribution is 8.00. The van der Waals surface area contributed by atoms with Crippen molar-refractivity contribution in [3.05, 3.63) is 165 Å². The molecule has 0 aliphatic heterocycles. The van der Waals surface area contributed by atoms with Crippen molar-refractivity contribution in [1.82, 2.24) is 5.32 Å². The normalized spacial score (nSPS) is 11.7. The Balaban J connectivity index is 1.41. The molecule has 3 amide bonds. The summed E-state index contributed by atoms with van der Waals surface area (Å²) < 4.78 is 14.7. The highest BCUT2D eigenvalue weighted by atomic mass is 35.5. The molecule has 5 aromatic carbocycles. The van der Waals surface area contributed by atoms with Crippen LogP contribution in [0.5, 0.6) is 0 Å². The van der Waals surface area contributed by atoms with Crippen molar-refractivity contribution in [2.75, 3.05) is 10.6 Å². The molecule has 0 saturated heterocycles. The molecule has 1 unspecified atom stereocenters. The number of hydrogen-bond acceptors (Lipinski definition) is 5. The minimum absolute atomic E-state index is 0.0406. The van der Waals surface area contributed by atoms with E-state index >= 15 is 0 Å². The predicted octanol–water partition coefficient (Wildman–Crippen LogP) is 8.71. The minimum atomic E-state index is -1.17. The Kier molecular flexibility index (Phi) is 11.5. The summed E-state index contributed by atoms with van der Waals surface area (Å²) in [6.07, 6.45) is 1.16. The molecule has 0 aliphatic rings. The molecule has 5 rings (SSSR count). The summed E-state index contributed by atoms with van der Waals surface area (Å²) in [5, 5.41) is 16.8. The summed E-state index contributed by atoms with van der Waals surface area (Å²) >= 11 is 13.7. The van der Waals surface area contributed by atoms with Gasteiger partial charge in [0.2, 0.25) is 5.91 Å². The Hall–Kier alpha value is -5.42. The number of anilines is 2. The van der Waals surface area contributed by atoms with E-state index in [0.29, 0.717) is 16.1 Å². The Morgan fingerprint density at radius 1 is 0.735 bits per heavy atom. The molecule has 12 heteroatoms. The second-order valence-corrected chi connectivity index (χ2v) is 12.4. The van der Waals surface area contributed by atoms with E-state index in [2.05, 4.69) is 16.0 Å². The molecule has 0 saturated carbocycles. The lowest BCUT2D eigenvalue weighted by molar-refractivity contribution is -0.116. The van der Waals surface area contributed by atoms with E-state index in [4.69, 9.17) is 23.2 Å². The van der Waals surface area contributed by atoms with E-state index < -0.39 is 34.8 Å². The van der Waals surface area contributed by atoms with Crippen LogP contribution in [0.2, 0.25) is 10.0 Å². The lowest BCUT2D eigenvalue weighted by Gasteiger charge is -2.18. The zero-order chi connectivity index (χ0) is 34.9. The predicted molar refractivity (Wildman–Crippen MR) is 190 cm³/mol. The van der Waals surface area contributed by atoms with Crippen LogP contribution in [0.1, 0.15) is 37.1 Å². The zero-order valence-corrected chi connectivity index (χ0v) is 27.7. The number of rotatable bonds is 11. The highest BCUT2D eigenvalue weighted by Gasteiger charge is 2.24. The van der Waals surface area contributed by atoms with Gasteiger partial charge in [-0.2, -0.15) is 0 Å². The minimum Gasteiger partial charge on any atom is -0.478 e. The Morgan fingerprint density at radius 2 is 1.43 bits per heavy atom. The van der Waals surface area contributed by atoms with E-state index in [1.165, 1.54) is 48.2 Å². The molecular weight excluding hydrogens is 688 g/mol. The van der Waals surface area contributed by atoms with Crippen LogP contribution < -0.4 is 16.0 Å². The lowest BCUT2D eigenvalue weighted by Crippen LogP contribution is -2.30. The van der Waals surface area contributed by atoms with E-state index in [1.807, 2.05) is 6.07 Å². The fraction of sp³-hybridized carbons (Fsp3) is 0.0270. The van der Waals surface area contributed by atoms with Crippen molar-refractivity contribution in [3.8, 4) is 0 Å². The van der Waals surface area contributed by atoms with Crippen molar-refractivity contribution in [2.45, 2.75) is 10.1 Å². The van der Waals surface area contributed by atoms with Crippen LogP contribution in [-0.4, -0.2) is 28.8 Å². The van der Waals surface area contributed by atoms with Gasteiger partial charge in [0, 0.05) is 21.7 Å². The van der Waals surface area contributed by atoms with E-state index in [1.54, 1.807) is 78.9 Å². The first-order valence-corrected chi connectivity index (χ1v) is 16.2. The molecule has 246 valence electrons. The van der Waals surface area contributed by atoms with Crippen LogP contribution in [0, 0.1) is 5.82 Å². The van der Waals surface area contributed by atoms with E-state index in [9.17, 15) is 28.7 Å². The standard InChI is InChI=1S/C37H26Cl2FN3O5S/c38-28-15-8-16-30(40)27(28)21-32(43-34(44)23-11-5-2-6-12-23)35(45)41-25-13-7-14-26(20-25)49-33(22-9-3-1-4-10-22)36(46)42-31-19-24(37(47)48)17-18-29(31)39/h1-21,33H,(H,41,45)(H,42,46)(H,43,44)(H,47,48)/b32-21+. The number of carboxylic acid groups (broad SMARTS) is 1. The van der Waals surface area contributed by atoms with Crippen LogP contribution in [-0.2, 0) is 9.59 Å². The summed E-state index contributed by atoms with van der Waals surface area (Å²) in [6, 6.07) is 31.9. The Morgan fingerprint density at radius 3 is 2.12 bits per heavy atom. The summed E-state index contributed by atoms with van der Waals surface area (Å²) in [4.78, 5) is 52.3. The van der Waals surface area contributed by atoms with Gasteiger partial charge in [-0.05, 0) is 72.3 Å². The third kappa shape index (κ3) is 9.14.